The molecule has 0 N–H and O–H groups in total. The smallest absolute Gasteiger partial charge is 0.254 e. The quantitative estimate of drug-likeness (QED) is 0.637. The summed E-state index contributed by atoms with van der Waals surface area (Å²) < 4.78 is 13.4. The number of benzene rings is 2. The Bertz CT molecular complexity index is 916. The van der Waals surface area contributed by atoms with E-state index in [0.29, 0.717) is 6.54 Å². The molecule has 0 saturated carbocycles. The highest BCUT2D eigenvalue weighted by atomic mass is 32.1. The van der Waals surface area contributed by atoms with Crippen molar-refractivity contribution in [3.63, 3.8) is 0 Å². The van der Waals surface area contributed by atoms with Gasteiger partial charge in [-0.15, -0.1) is 11.3 Å². The zero-order valence-electron chi connectivity index (χ0n) is 13.9. The van der Waals surface area contributed by atoms with E-state index in [0.717, 1.165) is 28.7 Å². The molecule has 2 aromatic carbocycles. The van der Waals surface area contributed by atoms with Gasteiger partial charge in [0.2, 0.25) is 0 Å². The Morgan fingerprint density at radius 1 is 1.12 bits per heavy atom. The van der Waals surface area contributed by atoms with Crippen molar-refractivity contribution in [2.75, 3.05) is 6.54 Å². The first-order chi connectivity index (χ1) is 12.1. The Morgan fingerprint density at radius 3 is 2.64 bits per heavy atom. The Hall–Kier alpha value is -2.46. The number of carbonyl (C=O) groups is 1. The Balaban J connectivity index is 1.79. The second-order valence-corrected chi connectivity index (χ2v) is 7.32. The second kappa shape index (κ2) is 6.45. The molecule has 4 rings (SSSR count). The summed E-state index contributed by atoms with van der Waals surface area (Å²) in [7, 11) is 0. The normalized spacial score (nSPS) is 16.6. The van der Waals surface area contributed by atoms with Gasteiger partial charge >= 0.3 is 0 Å². The molecule has 1 atom stereocenters. The molecule has 0 radical (unpaired) electrons. The van der Waals surface area contributed by atoms with Gasteiger partial charge in [0.15, 0.2) is 0 Å². The van der Waals surface area contributed by atoms with Crippen molar-refractivity contribution in [1.82, 2.24) is 4.90 Å². The van der Waals surface area contributed by atoms with E-state index < -0.39 is 0 Å². The van der Waals surface area contributed by atoms with Gasteiger partial charge < -0.3 is 4.90 Å². The molecule has 0 aliphatic carbocycles. The van der Waals surface area contributed by atoms with E-state index in [1.807, 2.05) is 36.1 Å². The van der Waals surface area contributed by atoms with Crippen molar-refractivity contribution in [3.8, 4) is 0 Å². The minimum Gasteiger partial charge on any atom is -0.327 e. The van der Waals surface area contributed by atoms with Gasteiger partial charge in [-0.05, 0) is 59.7 Å². The summed E-state index contributed by atoms with van der Waals surface area (Å²) in [5.41, 5.74) is 3.81. The lowest BCUT2D eigenvalue weighted by molar-refractivity contribution is 0.0695. The molecule has 2 heterocycles. The van der Waals surface area contributed by atoms with E-state index in [4.69, 9.17) is 0 Å². The van der Waals surface area contributed by atoms with E-state index in [-0.39, 0.29) is 17.8 Å². The van der Waals surface area contributed by atoms with Gasteiger partial charge in [-0.1, -0.05) is 30.3 Å². The van der Waals surface area contributed by atoms with Crippen molar-refractivity contribution < 1.29 is 9.18 Å². The minimum absolute atomic E-state index is 0.0317. The first kappa shape index (κ1) is 16.0. The summed E-state index contributed by atoms with van der Waals surface area (Å²) >= 11 is 1.73. The van der Waals surface area contributed by atoms with Crippen LogP contribution in [0.25, 0.3) is 0 Å². The first-order valence-corrected chi connectivity index (χ1v) is 9.21. The van der Waals surface area contributed by atoms with E-state index in [1.54, 1.807) is 23.5 Å². The fourth-order valence-electron chi connectivity index (χ4n) is 3.51. The molecular formula is C21H18FNOS. The van der Waals surface area contributed by atoms with E-state index in [9.17, 15) is 9.18 Å². The summed E-state index contributed by atoms with van der Waals surface area (Å²) in [6.07, 6.45) is 0.863. The number of rotatable bonds is 2. The van der Waals surface area contributed by atoms with E-state index in [2.05, 4.69) is 11.4 Å². The lowest BCUT2D eigenvalue weighted by Gasteiger charge is -2.36. The van der Waals surface area contributed by atoms with Crippen LogP contribution in [0, 0.1) is 12.7 Å². The first-order valence-electron chi connectivity index (χ1n) is 8.33. The Morgan fingerprint density at radius 2 is 1.88 bits per heavy atom. The topological polar surface area (TPSA) is 20.3 Å². The van der Waals surface area contributed by atoms with Crippen LogP contribution in [-0.2, 0) is 6.42 Å². The fourth-order valence-corrected chi connectivity index (χ4v) is 4.41. The predicted octanol–water partition coefficient (Wildman–Crippen LogP) is 4.98. The average molecular weight is 351 g/mol. The van der Waals surface area contributed by atoms with Crippen LogP contribution in [0.5, 0.6) is 0 Å². The zero-order chi connectivity index (χ0) is 17.4. The fraction of sp³-hybridized carbons (Fsp3) is 0.190. The van der Waals surface area contributed by atoms with Crippen molar-refractivity contribution in [2.45, 2.75) is 19.4 Å². The third-order valence-electron chi connectivity index (χ3n) is 4.79. The van der Waals surface area contributed by atoms with Crippen LogP contribution in [0.15, 0.2) is 60.0 Å². The zero-order valence-corrected chi connectivity index (χ0v) is 14.7. The molecule has 1 aromatic heterocycles. The summed E-state index contributed by atoms with van der Waals surface area (Å²) in [6, 6.07) is 16.1. The van der Waals surface area contributed by atoms with Gasteiger partial charge in [-0.25, -0.2) is 4.39 Å². The van der Waals surface area contributed by atoms with Crippen LogP contribution in [0.4, 0.5) is 4.39 Å². The van der Waals surface area contributed by atoms with Crippen LogP contribution in [0.3, 0.4) is 0 Å². The monoisotopic (exact) mass is 351 g/mol. The van der Waals surface area contributed by atoms with Crippen molar-refractivity contribution >= 4 is 17.2 Å². The summed E-state index contributed by atoms with van der Waals surface area (Å²) in [6.45, 7) is 2.63. The number of halogens is 1. The number of hydrogen-bond donors (Lipinski definition) is 0. The number of amides is 1. The SMILES string of the molecule is Cc1ccccc1C(=O)N1CCc2sccc2C1c1ccc(F)cc1. The van der Waals surface area contributed by atoms with Crippen molar-refractivity contribution in [1.29, 1.82) is 0 Å². The van der Waals surface area contributed by atoms with Crippen molar-refractivity contribution in [2.24, 2.45) is 0 Å². The maximum atomic E-state index is 13.4. The minimum atomic E-state index is -0.262. The molecule has 1 aliphatic heterocycles. The van der Waals surface area contributed by atoms with E-state index >= 15 is 0 Å². The molecule has 0 fully saturated rings. The highest BCUT2D eigenvalue weighted by molar-refractivity contribution is 7.10. The molecule has 0 saturated heterocycles. The van der Waals surface area contributed by atoms with E-state index in [1.165, 1.54) is 17.0 Å². The number of thiophene rings is 1. The number of fused-ring (bicyclic) bond motifs is 1. The number of carbonyl (C=O) groups excluding carboxylic acids is 1. The highest BCUT2D eigenvalue weighted by Gasteiger charge is 2.33. The molecule has 2 nitrogen and oxygen atoms in total. The average Bonchev–Trinajstić information content (AvgIpc) is 3.10. The maximum Gasteiger partial charge on any atom is 0.254 e. The van der Waals surface area contributed by atoms with Gasteiger partial charge in [0.1, 0.15) is 5.82 Å². The molecular weight excluding hydrogens is 333 g/mol. The molecule has 3 aromatic rings. The standard InChI is InChI=1S/C21H18FNOS/c1-14-4-2-3-5-17(14)21(24)23-12-10-19-18(11-13-25-19)20(23)15-6-8-16(22)9-7-15/h2-9,11,13,20H,10,12H2,1H3. The van der Waals surface area contributed by atoms with Crippen LogP contribution >= 0.6 is 11.3 Å². The van der Waals surface area contributed by atoms with Gasteiger partial charge in [-0.2, -0.15) is 0 Å². The van der Waals surface area contributed by atoms with Crippen LogP contribution in [-0.4, -0.2) is 17.4 Å². The third kappa shape index (κ3) is 2.87. The van der Waals surface area contributed by atoms with Crippen molar-refractivity contribution in [3.05, 3.63) is 92.9 Å². The summed E-state index contributed by atoms with van der Waals surface area (Å²) in [5, 5.41) is 2.07. The largest absolute Gasteiger partial charge is 0.327 e. The molecule has 25 heavy (non-hydrogen) atoms. The molecule has 4 heteroatoms. The van der Waals surface area contributed by atoms with Gasteiger partial charge in [0.05, 0.1) is 6.04 Å². The Kier molecular flexibility index (Phi) is 4.14. The molecule has 0 spiro atoms. The molecule has 1 amide bonds. The summed E-state index contributed by atoms with van der Waals surface area (Å²) in [4.78, 5) is 16.5. The molecule has 1 unspecified atom stereocenters. The lowest BCUT2D eigenvalue weighted by atomic mass is 9.92. The maximum absolute atomic E-state index is 13.4. The van der Waals surface area contributed by atoms with Crippen LogP contribution < -0.4 is 0 Å². The molecule has 1 aliphatic rings. The second-order valence-electron chi connectivity index (χ2n) is 6.32. The third-order valence-corrected chi connectivity index (χ3v) is 5.78. The van der Waals surface area contributed by atoms with Gasteiger partial charge in [-0.3, -0.25) is 4.79 Å². The Labute approximate surface area is 150 Å². The van der Waals surface area contributed by atoms with Gasteiger partial charge in [0.25, 0.3) is 5.91 Å². The van der Waals surface area contributed by atoms with Crippen LogP contribution in [0.1, 0.15) is 38.0 Å². The highest BCUT2D eigenvalue weighted by Crippen LogP contribution is 2.38. The number of aryl methyl sites for hydroxylation is 1. The number of nitrogens with zero attached hydrogens (tertiary/aromatic N) is 1. The summed E-state index contributed by atoms with van der Waals surface area (Å²) in [5.74, 6) is -0.230. The van der Waals surface area contributed by atoms with Crippen LogP contribution in [0.2, 0.25) is 0 Å². The predicted molar refractivity (Wildman–Crippen MR) is 98.5 cm³/mol. The van der Waals surface area contributed by atoms with Gasteiger partial charge in [0, 0.05) is 17.0 Å². The number of hydrogen-bond acceptors (Lipinski definition) is 2. The molecule has 126 valence electrons. The lowest BCUT2D eigenvalue weighted by Crippen LogP contribution is -2.40. The molecule has 0 bridgehead atoms.